The largest absolute Gasteiger partial charge is 0.320 e. The van der Waals surface area contributed by atoms with Crippen LogP contribution in [0.25, 0.3) is 5.57 Å². The number of amides is 1. The van der Waals surface area contributed by atoms with E-state index in [1.54, 1.807) is 12.3 Å². The van der Waals surface area contributed by atoms with Gasteiger partial charge in [0.2, 0.25) is 0 Å². The highest BCUT2D eigenvalue weighted by atomic mass is 16.2. The third kappa shape index (κ3) is 3.74. The lowest BCUT2D eigenvalue weighted by atomic mass is 9.89. The minimum Gasteiger partial charge on any atom is -0.320 e. The van der Waals surface area contributed by atoms with Crippen LogP contribution in [0.3, 0.4) is 0 Å². The molecule has 1 amide bonds. The second-order valence-electron chi connectivity index (χ2n) is 9.01. The Morgan fingerprint density at radius 1 is 1.19 bits per heavy atom. The Morgan fingerprint density at radius 2 is 2.00 bits per heavy atom. The van der Waals surface area contributed by atoms with Gasteiger partial charge in [0.1, 0.15) is 0 Å². The van der Waals surface area contributed by atoms with E-state index in [0.717, 1.165) is 54.9 Å². The normalized spacial score (nSPS) is 18.5. The van der Waals surface area contributed by atoms with Crippen LogP contribution in [-0.4, -0.2) is 35.7 Å². The first-order chi connectivity index (χ1) is 15.4. The summed E-state index contributed by atoms with van der Waals surface area (Å²) in [7, 11) is 2.00. The summed E-state index contributed by atoms with van der Waals surface area (Å²) in [5.41, 5.74) is 7.96. The van der Waals surface area contributed by atoms with Crippen molar-refractivity contribution in [2.45, 2.75) is 64.8 Å². The van der Waals surface area contributed by atoms with E-state index < -0.39 is 0 Å². The van der Waals surface area contributed by atoms with E-state index in [4.69, 9.17) is 0 Å². The number of hydrogen-bond acceptors (Lipinski definition) is 5. The molecule has 1 atom stereocenters. The topological polar surface area (TPSA) is 90.5 Å². The molecule has 3 aromatic heterocycles. The molecular weight excluding hydrogens is 402 g/mol. The van der Waals surface area contributed by atoms with Gasteiger partial charge in [0.05, 0.1) is 17.4 Å². The Balaban J connectivity index is 1.39. The highest BCUT2D eigenvalue weighted by Gasteiger charge is 2.36. The predicted octanol–water partition coefficient (Wildman–Crippen LogP) is 4.27. The Morgan fingerprint density at radius 3 is 2.62 bits per heavy atom. The molecule has 0 aromatic carbocycles. The smallest absolute Gasteiger partial charge is 0.278 e. The van der Waals surface area contributed by atoms with E-state index in [1.807, 2.05) is 29.4 Å². The van der Waals surface area contributed by atoms with Gasteiger partial charge >= 0.3 is 0 Å². The number of nitrogens with zero attached hydrogens (tertiary/aromatic N) is 6. The summed E-state index contributed by atoms with van der Waals surface area (Å²) in [6.07, 6.45) is 9.03. The number of nitrogens with one attached hydrogen (secondary N) is 1. The molecule has 1 unspecified atom stereocenters. The van der Waals surface area contributed by atoms with Gasteiger partial charge in [0.25, 0.3) is 5.91 Å². The molecule has 0 aliphatic heterocycles. The molecule has 8 heteroatoms. The number of carbonyl (C=O) groups is 1. The van der Waals surface area contributed by atoms with Gasteiger partial charge in [-0.2, -0.15) is 5.10 Å². The van der Waals surface area contributed by atoms with E-state index >= 15 is 0 Å². The van der Waals surface area contributed by atoms with Crippen molar-refractivity contribution >= 4 is 17.2 Å². The molecular formula is C24H29N7O. The molecule has 0 bridgehead atoms. The Labute approximate surface area is 187 Å². The fourth-order valence-electron chi connectivity index (χ4n) is 4.79. The Hall–Kier alpha value is -3.29. The number of anilines is 1. The number of carbonyl (C=O) groups excluding carboxylic acids is 1. The second kappa shape index (κ2) is 8.00. The first-order valence-electron chi connectivity index (χ1n) is 11.3. The van der Waals surface area contributed by atoms with Crippen LogP contribution in [0.2, 0.25) is 0 Å². The SMILES string of the molecule is Cc1cc(NC(=O)c2nnn(C3CC=C(c4c(C)nn(C)c4C)CC3)c2C2CC2)ccn1. The maximum absolute atomic E-state index is 13.0. The Kier molecular flexibility index (Phi) is 5.15. The van der Waals surface area contributed by atoms with Gasteiger partial charge in [-0.25, -0.2) is 4.68 Å². The summed E-state index contributed by atoms with van der Waals surface area (Å²) in [6, 6.07) is 3.88. The summed E-state index contributed by atoms with van der Waals surface area (Å²) in [4.78, 5) is 17.2. The Bertz CT molecular complexity index is 1220. The van der Waals surface area contributed by atoms with Crippen LogP contribution in [0.4, 0.5) is 5.69 Å². The quantitative estimate of drug-likeness (QED) is 0.651. The van der Waals surface area contributed by atoms with Crippen LogP contribution in [0.5, 0.6) is 0 Å². The van der Waals surface area contributed by atoms with Crippen molar-refractivity contribution in [2.24, 2.45) is 7.05 Å². The summed E-state index contributed by atoms with van der Waals surface area (Å²) in [6.45, 7) is 6.11. The molecule has 0 spiro atoms. The van der Waals surface area contributed by atoms with E-state index in [1.165, 1.54) is 16.8 Å². The number of aromatic nitrogens is 6. The van der Waals surface area contributed by atoms with Crippen LogP contribution in [-0.2, 0) is 7.05 Å². The molecule has 1 fully saturated rings. The lowest BCUT2D eigenvalue weighted by Crippen LogP contribution is -2.19. The number of hydrogen-bond donors (Lipinski definition) is 1. The van der Waals surface area contributed by atoms with Crippen molar-refractivity contribution in [3.63, 3.8) is 0 Å². The van der Waals surface area contributed by atoms with Crippen molar-refractivity contribution in [3.05, 3.63) is 58.4 Å². The van der Waals surface area contributed by atoms with Crippen LogP contribution in [0.1, 0.15) is 82.9 Å². The first-order valence-corrected chi connectivity index (χ1v) is 11.3. The van der Waals surface area contributed by atoms with Gasteiger partial charge in [-0.3, -0.25) is 14.5 Å². The average Bonchev–Trinajstić information content (AvgIpc) is 3.45. The van der Waals surface area contributed by atoms with Crippen LogP contribution >= 0.6 is 0 Å². The van der Waals surface area contributed by atoms with Gasteiger partial charge in [0, 0.05) is 41.8 Å². The molecule has 2 aliphatic rings. The van der Waals surface area contributed by atoms with Crippen molar-refractivity contribution < 1.29 is 4.79 Å². The fraction of sp³-hybridized carbons (Fsp3) is 0.458. The minimum absolute atomic E-state index is 0.197. The van der Waals surface area contributed by atoms with Crippen molar-refractivity contribution in [1.29, 1.82) is 0 Å². The molecule has 3 aromatic rings. The average molecular weight is 432 g/mol. The predicted molar refractivity (Wildman–Crippen MR) is 122 cm³/mol. The monoisotopic (exact) mass is 431 g/mol. The van der Waals surface area contributed by atoms with Crippen molar-refractivity contribution in [3.8, 4) is 0 Å². The van der Waals surface area contributed by atoms with Gasteiger partial charge in [0.15, 0.2) is 5.69 Å². The van der Waals surface area contributed by atoms with Gasteiger partial charge in [-0.15, -0.1) is 5.10 Å². The van der Waals surface area contributed by atoms with Gasteiger partial charge < -0.3 is 5.32 Å². The van der Waals surface area contributed by atoms with Crippen LogP contribution in [0, 0.1) is 20.8 Å². The zero-order chi connectivity index (χ0) is 22.4. The molecule has 166 valence electrons. The zero-order valence-corrected chi connectivity index (χ0v) is 19.1. The summed E-state index contributed by atoms with van der Waals surface area (Å²) in [5.74, 6) is 0.176. The van der Waals surface area contributed by atoms with E-state index in [2.05, 4.69) is 45.6 Å². The molecule has 0 saturated heterocycles. The number of rotatable bonds is 5. The van der Waals surface area contributed by atoms with Crippen molar-refractivity contribution in [1.82, 2.24) is 29.8 Å². The number of aryl methyl sites for hydroxylation is 3. The molecule has 0 radical (unpaired) electrons. The lowest BCUT2D eigenvalue weighted by Gasteiger charge is -2.24. The van der Waals surface area contributed by atoms with E-state index in [0.29, 0.717) is 11.6 Å². The highest BCUT2D eigenvalue weighted by molar-refractivity contribution is 6.03. The lowest BCUT2D eigenvalue weighted by molar-refractivity contribution is 0.102. The number of allylic oxidation sites excluding steroid dienone is 2. The zero-order valence-electron chi connectivity index (χ0n) is 19.1. The molecule has 5 rings (SSSR count). The molecule has 2 aliphatic carbocycles. The van der Waals surface area contributed by atoms with Gasteiger partial charge in [-0.05, 0) is 70.6 Å². The van der Waals surface area contributed by atoms with Crippen LogP contribution in [0.15, 0.2) is 24.4 Å². The maximum atomic E-state index is 13.0. The molecule has 3 heterocycles. The van der Waals surface area contributed by atoms with Crippen molar-refractivity contribution in [2.75, 3.05) is 5.32 Å². The van der Waals surface area contributed by atoms with Gasteiger partial charge in [-0.1, -0.05) is 11.3 Å². The summed E-state index contributed by atoms with van der Waals surface area (Å²) >= 11 is 0. The van der Waals surface area contributed by atoms with E-state index in [-0.39, 0.29) is 11.9 Å². The molecule has 32 heavy (non-hydrogen) atoms. The standard InChI is InChI=1S/C24H29N7O/c1-14-13-19(11-12-25-14)26-24(32)22-23(18-5-6-18)31(29-27-22)20-9-7-17(8-10-20)21-15(2)28-30(4)16(21)3/h7,11-13,18,20H,5-6,8-10H2,1-4H3,(H,25,26,32). The summed E-state index contributed by atoms with van der Waals surface area (Å²) in [5, 5.41) is 16.3. The maximum Gasteiger partial charge on any atom is 0.278 e. The third-order valence-electron chi connectivity index (χ3n) is 6.62. The first kappa shape index (κ1) is 20.6. The number of pyridine rings is 1. The minimum atomic E-state index is -0.197. The summed E-state index contributed by atoms with van der Waals surface area (Å²) < 4.78 is 3.98. The molecule has 1 N–H and O–H groups in total. The van der Waals surface area contributed by atoms with Crippen LogP contribution < -0.4 is 5.32 Å². The second-order valence-corrected chi connectivity index (χ2v) is 9.01. The third-order valence-corrected chi connectivity index (χ3v) is 6.62. The molecule has 1 saturated carbocycles. The fourth-order valence-corrected chi connectivity index (χ4v) is 4.79. The highest BCUT2D eigenvalue weighted by Crippen LogP contribution is 2.44. The van der Waals surface area contributed by atoms with E-state index in [9.17, 15) is 4.79 Å². The molecule has 8 nitrogen and oxygen atoms in total.